The highest BCUT2D eigenvalue weighted by molar-refractivity contribution is 5.96. The number of para-hydroxylation sites is 1. The van der Waals surface area contributed by atoms with Crippen molar-refractivity contribution < 1.29 is 19.1 Å². The number of hydrogen-bond donors (Lipinski definition) is 1. The van der Waals surface area contributed by atoms with Crippen molar-refractivity contribution in [1.29, 1.82) is 0 Å². The van der Waals surface area contributed by atoms with Crippen molar-refractivity contribution in [3.63, 3.8) is 0 Å². The quantitative estimate of drug-likeness (QED) is 0.538. The molecule has 1 N–H and O–H groups in total. The van der Waals surface area contributed by atoms with E-state index in [4.69, 9.17) is 4.74 Å². The number of nitrogens with zero attached hydrogens (tertiary/aromatic N) is 3. The van der Waals surface area contributed by atoms with Crippen molar-refractivity contribution in [1.82, 2.24) is 15.5 Å². The van der Waals surface area contributed by atoms with Crippen LogP contribution in [0.25, 0.3) is 22.2 Å². The lowest BCUT2D eigenvalue weighted by Gasteiger charge is -2.13. The van der Waals surface area contributed by atoms with Crippen LogP contribution in [0.4, 0.5) is 0 Å². The van der Waals surface area contributed by atoms with Crippen molar-refractivity contribution in [3.05, 3.63) is 77.3 Å². The number of hydrogen-bond acceptors (Lipinski definition) is 6. The zero-order chi connectivity index (χ0) is 19.8. The second-order valence-electron chi connectivity index (χ2n) is 6.82. The molecule has 5 rings (SSSR count). The van der Waals surface area contributed by atoms with Gasteiger partial charge in [0.25, 0.3) is 5.91 Å². The Kier molecular flexibility index (Phi) is 4.09. The highest BCUT2D eigenvalue weighted by atomic mass is 16.8. The Bertz CT molecular complexity index is 1210. The van der Waals surface area contributed by atoms with Crippen LogP contribution in [0, 0.1) is 5.21 Å². The lowest BCUT2D eigenvalue weighted by molar-refractivity contribution is -0.782. The molecule has 0 bridgehead atoms. The zero-order valence-corrected chi connectivity index (χ0v) is 15.2. The predicted octanol–water partition coefficient (Wildman–Crippen LogP) is 2.26. The average Bonchev–Trinajstić information content (AvgIpc) is 3.35. The van der Waals surface area contributed by atoms with E-state index < -0.39 is 0 Å². The van der Waals surface area contributed by atoms with Crippen LogP contribution in [-0.2, 0) is 6.42 Å². The minimum atomic E-state index is -0.264. The van der Waals surface area contributed by atoms with Crippen LogP contribution in [0.15, 0.2) is 65.6 Å². The number of ether oxygens (including phenoxy) is 1. The van der Waals surface area contributed by atoms with E-state index in [1.165, 1.54) is 12.1 Å². The highest BCUT2D eigenvalue weighted by Gasteiger charge is 2.26. The Morgan fingerprint density at radius 2 is 2.17 bits per heavy atom. The molecule has 29 heavy (non-hydrogen) atoms. The Labute approximate surface area is 165 Å². The first kappa shape index (κ1) is 17.2. The molecule has 0 saturated carbocycles. The van der Waals surface area contributed by atoms with E-state index >= 15 is 0 Å². The van der Waals surface area contributed by atoms with Crippen molar-refractivity contribution in [2.75, 3.05) is 6.54 Å². The van der Waals surface area contributed by atoms with E-state index in [2.05, 4.69) is 20.1 Å². The van der Waals surface area contributed by atoms with Gasteiger partial charge in [0.05, 0.1) is 6.54 Å². The van der Waals surface area contributed by atoms with Gasteiger partial charge in [-0.3, -0.25) is 14.4 Å². The van der Waals surface area contributed by atoms with E-state index in [9.17, 15) is 10.0 Å². The monoisotopic (exact) mass is 388 g/mol. The fraction of sp³-hybridized carbons (Fsp3) is 0.143. The van der Waals surface area contributed by atoms with Crippen LogP contribution in [0.2, 0.25) is 0 Å². The first-order chi connectivity index (χ1) is 14.2. The van der Waals surface area contributed by atoms with E-state index in [0.717, 1.165) is 22.4 Å². The molecule has 4 aromatic rings. The Hall–Kier alpha value is -3.94. The van der Waals surface area contributed by atoms with E-state index in [-0.39, 0.29) is 17.5 Å². The fourth-order valence-electron chi connectivity index (χ4n) is 3.53. The summed E-state index contributed by atoms with van der Waals surface area (Å²) in [5.41, 5.74) is 4.10. The summed E-state index contributed by atoms with van der Waals surface area (Å²) < 4.78 is 10.7. The molecular weight excluding hydrogens is 372 g/mol. The largest absolute Gasteiger partial charge is 0.487 e. The third-order valence-corrected chi connectivity index (χ3v) is 4.94. The van der Waals surface area contributed by atoms with Crippen LogP contribution in [0.1, 0.15) is 15.9 Å². The molecule has 1 atom stereocenters. The molecule has 144 valence electrons. The summed E-state index contributed by atoms with van der Waals surface area (Å²) in [5, 5.41) is 17.9. The Morgan fingerprint density at radius 3 is 3.03 bits per heavy atom. The van der Waals surface area contributed by atoms with Gasteiger partial charge in [-0.1, -0.05) is 24.3 Å². The number of pyridine rings is 1. The molecule has 0 fully saturated rings. The molecule has 0 spiro atoms. The maximum atomic E-state index is 12.5. The Balaban J connectivity index is 1.28. The van der Waals surface area contributed by atoms with Gasteiger partial charge in [0.2, 0.25) is 11.0 Å². The summed E-state index contributed by atoms with van der Waals surface area (Å²) in [6, 6.07) is 14.5. The van der Waals surface area contributed by atoms with Crippen molar-refractivity contribution in [2.24, 2.45) is 0 Å². The summed E-state index contributed by atoms with van der Waals surface area (Å²) in [5.74, 6) is 0.572. The molecule has 8 nitrogen and oxygen atoms in total. The maximum absolute atomic E-state index is 12.5. The van der Waals surface area contributed by atoms with Crippen LogP contribution >= 0.6 is 0 Å². The number of aromatic nitrogens is 3. The maximum Gasteiger partial charge on any atom is 0.251 e. The predicted molar refractivity (Wildman–Crippen MR) is 103 cm³/mol. The van der Waals surface area contributed by atoms with Gasteiger partial charge in [-0.15, -0.1) is 0 Å². The molecule has 1 aliphatic heterocycles. The van der Waals surface area contributed by atoms with Crippen molar-refractivity contribution in [2.45, 2.75) is 12.5 Å². The molecule has 0 unspecified atom stereocenters. The molecule has 8 heteroatoms. The molecule has 3 heterocycles. The molecule has 1 aliphatic rings. The molecular formula is C21H16N4O4. The summed E-state index contributed by atoms with van der Waals surface area (Å²) in [7, 11) is 0. The standard InChI is InChI=1S/C21H16N4O4/c26-21(14-6-7-19-18(10-14)24-29-25(19)27)23-12-16-9-13-3-1-5-17(20(13)28-16)15-4-2-8-22-11-15/h1-8,10-11,16H,9,12H2,(H,23,26)/t16-/m1/s1. The van der Waals surface area contributed by atoms with Crippen molar-refractivity contribution >= 4 is 16.9 Å². The lowest BCUT2D eigenvalue weighted by atomic mass is 10.0. The molecule has 2 aromatic carbocycles. The minimum absolute atomic E-state index is 0.161. The first-order valence-electron chi connectivity index (χ1n) is 9.15. The van der Waals surface area contributed by atoms with E-state index in [0.29, 0.717) is 28.9 Å². The normalized spacial score (nSPS) is 15.1. The second-order valence-corrected chi connectivity index (χ2v) is 6.82. The topological polar surface area (TPSA) is 104 Å². The number of carbonyl (C=O) groups is 1. The number of rotatable bonds is 4. The third-order valence-electron chi connectivity index (χ3n) is 4.94. The molecule has 0 radical (unpaired) electrons. The summed E-state index contributed by atoms with van der Waals surface area (Å²) >= 11 is 0. The third kappa shape index (κ3) is 3.14. The van der Waals surface area contributed by atoms with E-state index in [1.54, 1.807) is 18.5 Å². The number of amides is 1. The zero-order valence-electron chi connectivity index (χ0n) is 15.2. The number of benzene rings is 2. The highest BCUT2D eigenvalue weighted by Crippen LogP contribution is 2.38. The number of fused-ring (bicyclic) bond motifs is 2. The average molecular weight is 388 g/mol. The second kappa shape index (κ2) is 6.90. The van der Waals surface area contributed by atoms with Gasteiger partial charge in [-0.2, -0.15) is 0 Å². The van der Waals surface area contributed by atoms with Gasteiger partial charge in [0.15, 0.2) is 0 Å². The summed E-state index contributed by atoms with van der Waals surface area (Å²) in [6.45, 7) is 0.360. The van der Waals surface area contributed by atoms with Gasteiger partial charge in [-0.25, -0.2) is 0 Å². The number of carbonyl (C=O) groups excluding carboxylic acids is 1. The smallest absolute Gasteiger partial charge is 0.251 e. The summed E-state index contributed by atoms with van der Waals surface area (Å²) in [6.07, 6.45) is 4.09. The lowest BCUT2D eigenvalue weighted by Crippen LogP contribution is -2.34. The van der Waals surface area contributed by atoms with Gasteiger partial charge < -0.3 is 15.3 Å². The number of nitrogens with one attached hydrogen (secondary N) is 1. The molecule has 0 saturated heterocycles. The molecule has 0 aliphatic carbocycles. The molecule has 2 aromatic heterocycles. The van der Waals surface area contributed by atoms with Crippen LogP contribution < -0.4 is 15.0 Å². The SMILES string of the molecule is O=C(NC[C@H]1Cc2cccc(-c3cccnc3)c2O1)c1ccc2c(c1)no[n+]2[O-]. The minimum Gasteiger partial charge on any atom is -0.487 e. The van der Waals surface area contributed by atoms with Gasteiger partial charge in [-0.05, 0) is 28.7 Å². The van der Waals surface area contributed by atoms with Crippen LogP contribution in [0.3, 0.4) is 0 Å². The molecule has 1 amide bonds. The van der Waals surface area contributed by atoms with Crippen LogP contribution in [0.5, 0.6) is 5.75 Å². The first-order valence-corrected chi connectivity index (χ1v) is 9.15. The van der Waals surface area contributed by atoms with Gasteiger partial charge in [0, 0.05) is 46.7 Å². The van der Waals surface area contributed by atoms with Crippen LogP contribution in [-0.4, -0.2) is 28.7 Å². The fourth-order valence-corrected chi connectivity index (χ4v) is 3.53. The Morgan fingerprint density at radius 1 is 1.24 bits per heavy atom. The van der Waals surface area contributed by atoms with Gasteiger partial charge >= 0.3 is 0 Å². The van der Waals surface area contributed by atoms with Gasteiger partial charge in [0.1, 0.15) is 11.9 Å². The summed E-state index contributed by atoms with van der Waals surface area (Å²) in [4.78, 5) is 17.0. The van der Waals surface area contributed by atoms with Crippen molar-refractivity contribution in [3.8, 4) is 16.9 Å². The van der Waals surface area contributed by atoms with E-state index in [1.807, 2.05) is 30.3 Å².